The molecule has 2 saturated heterocycles. The number of halogens is 3. The highest BCUT2D eigenvalue weighted by atomic mass is 35.5. The first kappa shape index (κ1) is 27.8. The van der Waals surface area contributed by atoms with Crippen LogP contribution in [0.3, 0.4) is 0 Å². The second-order valence-corrected chi connectivity index (χ2v) is 11.9. The third-order valence-electron chi connectivity index (χ3n) is 7.76. The molecule has 4 heterocycles. The summed E-state index contributed by atoms with van der Waals surface area (Å²) < 4.78 is 37.8. The second-order valence-electron chi connectivity index (χ2n) is 11.5. The van der Waals surface area contributed by atoms with Crippen LogP contribution in [0.5, 0.6) is 0 Å². The zero-order valence-corrected chi connectivity index (χ0v) is 23.4. The maximum Gasteiger partial charge on any atom is 0.329 e. The average molecular weight is 565 g/mol. The third kappa shape index (κ3) is 5.49. The van der Waals surface area contributed by atoms with Gasteiger partial charge in [-0.3, -0.25) is 9.13 Å². The predicted octanol–water partition coefficient (Wildman–Crippen LogP) is 4.84. The van der Waals surface area contributed by atoms with Gasteiger partial charge in [-0.1, -0.05) is 25.4 Å². The molecule has 9 nitrogen and oxygen atoms in total. The minimum Gasteiger partial charge on any atom is -0.390 e. The molecule has 0 aliphatic carbocycles. The van der Waals surface area contributed by atoms with Crippen LogP contribution in [0.1, 0.15) is 46.6 Å². The van der Waals surface area contributed by atoms with Crippen LogP contribution in [0.4, 0.5) is 26.2 Å². The summed E-state index contributed by atoms with van der Waals surface area (Å²) >= 11 is 6.43. The fraction of sp³-hybridized carbons (Fsp3) is 0.593. The van der Waals surface area contributed by atoms with Gasteiger partial charge in [0.15, 0.2) is 5.82 Å². The minimum atomic E-state index is -2.75. The number of anilines is 3. The van der Waals surface area contributed by atoms with Crippen LogP contribution in [0.2, 0.25) is 5.02 Å². The number of aliphatic hydroxyl groups is 1. The Labute approximate surface area is 230 Å². The molecular weight excluding hydrogens is 530 g/mol. The number of hydrogen-bond acceptors (Lipinski definition) is 7. The zero-order valence-electron chi connectivity index (χ0n) is 22.6. The third-order valence-corrected chi connectivity index (χ3v) is 8.04. The number of fused-ring (bicyclic) bond motifs is 1. The van der Waals surface area contributed by atoms with Crippen LogP contribution < -0.4 is 15.9 Å². The Balaban J connectivity index is 1.48. The lowest BCUT2D eigenvalue weighted by Gasteiger charge is -2.41. The number of hydrogen-bond donors (Lipinski definition) is 2. The van der Waals surface area contributed by atoms with Crippen molar-refractivity contribution in [2.24, 2.45) is 11.8 Å². The largest absolute Gasteiger partial charge is 0.390 e. The number of alkyl halides is 2. The van der Waals surface area contributed by atoms with E-state index in [0.717, 1.165) is 11.9 Å². The number of rotatable bonds is 7. The first-order chi connectivity index (χ1) is 18.3. The van der Waals surface area contributed by atoms with E-state index in [1.807, 2.05) is 18.2 Å². The topological polar surface area (TPSA) is 97.4 Å². The first-order valence-electron chi connectivity index (χ1n) is 13.3. The summed E-state index contributed by atoms with van der Waals surface area (Å²) in [5, 5.41) is 13.8. The molecule has 0 saturated carbocycles. The van der Waals surface area contributed by atoms with E-state index in [1.165, 1.54) is 20.0 Å². The van der Waals surface area contributed by atoms with Crippen LogP contribution >= 0.6 is 11.6 Å². The lowest BCUT2D eigenvalue weighted by Crippen LogP contribution is -2.52. The molecule has 0 radical (unpaired) electrons. The van der Waals surface area contributed by atoms with E-state index in [-0.39, 0.29) is 29.8 Å². The quantitative estimate of drug-likeness (QED) is 0.424. The van der Waals surface area contributed by atoms with E-state index < -0.39 is 23.4 Å². The molecule has 12 heteroatoms. The summed E-state index contributed by atoms with van der Waals surface area (Å²) in [4.78, 5) is 24.1. The molecule has 2 aliphatic heterocycles. The number of benzene rings is 1. The fourth-order valence-corrected chi connectivity index (χ4v) is 5.54. The molecule has 0 amide bonds. The Kier molecular flexibility index (Phi) is 7.36. The second kappa shape index (κ2) is 10.3. The van der Waals surface area contributed by atoms with E-state index in [0.29, 0.717) is 49.1 Å². The fourth-order valence-electron chi connectivity index (χ4n) is 5.40. The molecule has 2 aromatic heterocycles. The number of aryl methyl sites for hydroxylation is 1. The van der Waals surface area contributed by atoms with Gasteiger partial charge in [0.25, 0.3) is 5.92 Å². The summed E-state index contributed by atoms with van der Waals surface area (Å²) in [7, 11) is 0. The summed E-state index contributed by atoms with van der Waals surface area (Å²) in [6.45, 7) is 8.20. The summed E-state index contributed by atoms with van der Waals surface area (Å²) in [5.41, 5.74) is 1.07. The van der Waals surface area contributed by atoms with E-state index >= 15 is 0 Å². The van der Waals surface area contributed by atoms with Gasteiger partial charge in [-0.15, -0.1) is 0 Å². The minimum absolute atomic E-state index is 0.0530. The van der Waals surface area contributed by atoms with Gasteiger partial charge in [-0.05, 0) is 44.9 Å². The number of ether oxygens (including phenoxy) is 1. The normalized spacial score (nSPS) is 23.5. The van der Waals surface area contributed by atoms with Crippen molar-refractivity contribution in [3.63, 3.8) is 0 Å². The van der Waals surface area contributed by atoms with Crippen molar-refractivity contribution in [3.8, 4) is 0 Å². The van der Waals surface area contributed by atoms with Gasteiger partial charge < -0.3 is 20.1 Å². The monoisotopic (exact) mass is 564 g/mol. The van der Waals surface area contributed by atoms with Gasteiger partial charge in [0.05, 0.1) is 35.5 Å². The molecule has 0 unspecified atom stereocenters. The molecule has 3 aromatic rings. The highest BCUT2D eigenvalue weighted by molar-refractivity contribution is 6.32. The van der Waals surface area contributed by atoms with E-state index in [4.69, 9.17) is 16.3 Å². The highest BCUT2D eigenvalue weighted by Crippen LogP contribution is 2.39. The van der Waals surface area contributed by atoms with E-state index in [2.05, 4.69) is 15.3 Å². The molecule has 2 aliphatic rings. The maximum absolute atomic E-state index is 14.4. The molecular formula is C27H35ClF2N6O3. The average Bonchev–Trinajstić information content (AvgIpc) is 3.47. The van der Waals surface area contributed by atoms with Crippen LogP contribution in [0.15, 0.2) is 29.2 Å². The molecule has 5 rings (SSSR count). The molecule has 2 N–H and O–H groups in total. The maximum atomic E-state index is 14.4. The van der Waals surface area contributed by atoms with Crippen molar-refractivity contribution in [1.82, 2.24) is 19.1 Å². The smallest absolute Gasteiger partial charge is 0.329 e. The van der Waals surface area contributed by atoms with Gasteiger partial charge in [-0.2, -0.15) is 4.98 Å². The van der Waals surface area contributed by atoms with Gasteiger partial charge in [0, 0.05) is 43.8 Å². The first-order valence-corrected chi connectivity index (χ1v) is 13.7. The van der Waals surface area contributed by atoms with Crippen molar-refractivity contribution in [2.45, 2.75) is 64.6 Å². The van der Waals surface area contributed by atoms with Crippen molar-refractivity contribution in [3.05, 3.63) is 39.9 Å². The Morgan fingerprint density at radius 1 is 1.23 bits per heavy atom. The Morgan fingerprint density at radius 2 is 1.95 bits per heavy atom. The van der Waals surface area contributed by atoms with Gasteiger partial charge in [0.1, 0.15) is 5.02 Å². The lowest BCUT2D eigenvalue weighted by atomic mass is 9.87. The molecule has 0 spiro atoms. The van der Waals surface area contributed by atoms with E-state index in [1.54, 1.807) is 27.9 Å². The van der Waals surface area contributed by atoms with Crippen molar-refractivity contribution < 1.29 is 18.6 Å². The summed E-state index contributed by atoms with van der Waals surface area (Å²) in [6.07, 6.45) is 2.61. The predicted molar refractivity (Wildman–Crippen MR) is 147 cm³/mol. The van der Waals surface area contributed by atoms with Crippen molar-refractivity contribution in [1.29, 1.82) is 0 Å². The zero-order chi connectivity index (χ0) is 28.1. The SMILES string of the molecule is C[C@@H]1CN(c2ncc(Cl)c(Nc3ccc4c(c3)n(CCC(C)(C)O)c(=O)n4[C@@H]3CCOC3)n2)C[C@H](C)C1(F)F. The molecule has 1 aromatic carbocycles. The number of nitrogens with one attached hydrogen (secondary N) is 1. The molecule has 3 atom stereocenters. The number of nitrogens with zero attached hydrogens (tertiary/aromatic N) is 5. The van der Waals surface area contributed by atoms with Crippen LogP contribution in [0, 0.1) is 11.8 Å². The van der Waals surface area contributed by atoms with Gasteiger partial charge in [-0.25, -0.2) is 18.6 Å². The van der Waals surface area contributed by atoms with Crippen molar-refractivity contribution >= 4 is 40.1 Å². The molecule has 212 valence electrons. The number of piperidine rings is 1. The van der Waals surface area contributed by atoms with Gasteiger partial charge in [0.2, 0.25) is 5.95 Å². The van der Waals surface area contributed by atoms with Crippen LogP contribution in [0.25, 0.3) is 11.0 Å². The molecule has 2 fully saturated rings. The lowest BCUT2D eigenvalue weighted by molar-refractivity contribution is -0.105. The highest BCUT2D eigenvalue weighted by Gasteiger charge is 2.47. The molecule has 0 bridgehead atoms. The molecule has 39 heavy (non-hydrogen) atoms. The number of imidazole rings is 1. The Bertz CT molecular complexity index is 1400. The standard InChI is InChI=1S/C27H35ClF2N6O3/c1-16-13-34(14-17(2)27(16,29)30)24-31-12-20(28)23(33-24)32-18-5-6-21-22(11-18)35(9-8-26(3,4)38)25(37)36(21)19-7-10-39-15-19/h5-6,11-12,16-17,19,38H,7-10,13-15H2,1-4H3,(H,31,32,33)/t16-,17+,19-/m1/s1. The Morgan fingerprint density at radius 3 is 2.59 bits per heavy atom. The van der Waals surface area contributed by atoms with Gasteiger partial charge >= 0.3 is 5.69 Å². The van der Waals surface area contributed by atoms with Crippen LogP contribution in [-0.2, 0) is 11.3 Å². The number of aromatic nitrogens is 4. The Hall–Kier alpha value is -2.76. The summed E-state index contributed by atoms with van der Waals surface area (Å²) in [5.74, 6) is -3.76. The van der Waals surface area contributed by atoms with Crippen molar-refractivity contribution in [2.75, 3.05) is 36.5 Å². The van der Waals surface area contributed by atoms with E-state index in [9.17, 15) is 18.7 Å². The summed E-state index contributed by atoms with van der Waals surface area (Å²) in [6, 6.07) is 5.53. The van der Waals surface area contributed by atoms with Crippen LogP contribution in [-0.4, -0.2) is 62.0 Å².